The first-order valence-electron chi connectivity index (χ1n) is 6.93. The minimum atomic E-state index is 0.654. The van der Waals surface area contributed by atoms with Crippen LogP contribution in [0.2, 0.25) is 0 Å². The summed E-state index contributed by atoms with van der Waals surface area (Å²) in [7, 11) is 0. The zero-order valence-corrected chi connectivity index (χ0v) is 14.9. The normalized spacial score (nSPS) is 10.9. The van der Waals surface area contributed by atoms with Crippen molar-refractivity contribution in [1.29, 1.82) is 0 Å². The van der Waals surface area contributed by atoms with E-state index >= 15 is 0 Å². The van der Waals surface area contributed by atoms with Crippen molar-refractivity contribution >= 4 is 33.4 Å². The van der Waals surface area contributed by atoms with Crippen molar-refractivity contribution in [1.82, 2.24) is 9.78 Å². The van der Waals surface area contributed by atoms with Gasteiger partial charge in [-0.1, -0.05) is 0 Å². The number of aromatic nitrogens is 2. The van der Waals surface area contributed by atoms with Gasteiger partial charge in [-0.05, 0) is 54.9 Å². The molecule has 0 saturated carbocycles. The molecule has 0 aliphatic rings. The summed E-state index contributed by atoms with van der Waals surface area (Å²) in [6.45, 7) is 7.59. The lowest BCUT2D eigenvalue weighted by Gasteiger charge is -2.10. The number of thioether (sulfide) groups is 1. The molecule has 21 heavy (non-hydrogen) atoms. The van der Waals surface area contributed by atoms with Gasteiger partial charge in [0.05, 0.1) is 22.5 Å². The maximum absolute atomic E-state index is 6.05. The van der Waals surface area contributed by atoms with Crippen molar-refractivity contribution in [2.75, 3.05) is 12.3 Å². The van der Waals surface area contributed by atoms with Gasteiger partial charge in [0, 0.05) is 22.9 Å². The SMILES string of the molecule is CCOc1ccc(N)c(SCc2c(Br)c(C)nn2CC)c1. The Hall–Kier alpha value is -1.14. The number of nitrogen functional groups attached to an aromatic ring is 1. The third kappa shape index (κ3) is 3.74. The number of aryl methyl sites for hydroxylation is 2. The number of hydrogen-bond donors (Lipinski definition) is 1. The first kappa shape index (κ1) is 16.2. The molecule has 1 aromatic heterocycles. The Kier molecular flexibility index (Phi) is 5.58. The van der Waals surface area contributed by atoms with E-state index in [1.54, 1.807) is 11.8 Å². The van der Waals surface area contributed by atoms with Gasteiger partial charge in [0.2, 0.25) is 0 Å². The molecule has 2 rings (SSSR count). The molecule has 1 aromatic carbocycles. The Morgan fingerprint density at radius 1 is 1.38 bits per heavy atom. The number of rotatable bonds is 6. The zero-order valence-electron chi connectivity index (χ0n) is 12.5. The molecule has 0 saturated heterocycles. The van der Waals surface area contributed by atoms with Gasteiger partial charge in [0.25, 0.3) is 0 Å². The maximum Gasteiger partial charge on any atom is 0.120 e. The predicted octanol–water partition coefficient (Wildman–Crippen LogP) is 4.25. The monoisotopic (exact) mass is 369 g/mol. The number of ether oxygens (including phenoxy) is 1. The van der Waals surface area contributed by atoms with Crippen molar-refractivity contribution < 1.29 is 4.74 Å². The van der Waals surface area contributed by atoms with E-state index in [1.807, 2.05) is 36.7 Å². The highest BCUT2D eigenvalue weighted by Gasteiger charge is 2.13. The van der Waals surface area contributed by atoms with Crippen molar-refractivity contribution in [3.8, 4) is 5.75 Å². The van der Waals surface area contributed by atoms with Crippen LogP contribution >= 0.6 is 27.7 Å². The summed E-state index contributed by atoms with van der Waals surface area (Å²) in [5.41, 5.74) is 9.03. The molecule has 0 atom stereocenters. The van der Waals surface area contributed by atoms with E-state index in [0.29, 0.717) is 6.61 Å². The first-order chi connectivity index (χ1) is 10.1. The van der Waals surface area contributed by atoms with Crippen molar-refractivity contribution in [2.24, 2.45) is 0 Å². The molecule has 4 nitrogen and oxygen atoms in total. The number of hydrogen-bond acceptors (Lipinski definition) is 4. The first-order valence-corrected chi connectivity index (χ1v) is 8.71. The van der Waals surface area contributed by atoms with Gasteiger partial charge in [-0.3, -0.25) is 4.68 Å². The van der Waals surface area contributed by atoms with Crippen LogP contribution in [0.3, 0.4) is 0 Å². The van der Waals surface area contributed by atoms with E-state index in [-0.39, 0.29) is 0 Å². The average Bonchev–Trinajstić information content (AvgIpc) is 2.75. The number of nitrogens with two attached hydrogens (primary N) is 1. The fourth-order valence-corrected chi connectivity index (χ4v) is 3.68. The van der Waals surface area contributed by atoms with Crippen LogP contribution in [-0.2, 0) is 12.3 Å². The predicted molar refractivity (Wildman–Crippen MR) is 91.9 cm³/mol. The van der Waals surface area contributed by atoms with Crippen molar-refractivity contribution in [2.45, 2.75) is 38.0 Å². The van der Waals surface area contributed by atoms with Gasteiger partial charge in [-0.2, -0.15) is 5.10 Å². The van der Waals surface area contributed by atoms with E-state index in [4.69, 9.17) is 10.5 Å². The van der Waals surface area contributed by atoms with Crippen LogP contribution in [-0.4, -0.2) is 16.4 Å². The summed E-state index contributed by atoms with van der Waals surface area (Å²) in [6, 6.07) is 5.79. The summed E-state index contributed by atoms with van der Waals surface area (Å²) in [4.78, 5) is 1.04. The fourth-order valence-electron chi connectivity index (χ4n) is 2.05. The molecule has 114 valence electrons. The standard InChI is InChI=1S/C15H20BrN3OS/c1-4-19-13(15(16)10(3)18-19)9-21-14-8-11(20-5-2)6-7-12(14)17/h6-8H,4-5,9,17H2,1-3H3. The fraction of sp³-hybridized carbons (Fsp3) is 0.400. The average molecular weight is 370 g/mol. The van der Waals surface area contributed by atoms with E-state index in [2.05, 4.69) is 28.0 Å². The second-order valence-corrected chi connectivity index (χ2v) is 6.39. The van der Waals surface area contributed by atoms with Gasteiger partial charge >= 0.3 is 0 Å². The smallest absolute Gasteiger partial charge is 0.120 e. The van der Waals surface area contributed by atoms with Crippen molar-refractivity contribution in [3.63, 3.8) is 0 Å². The van der Waals surface area contributed by atoms with Crippen LogP contribution in [0.5, 0.6) is 5.75 Å². The van der Waals surface area contributed by atoms with Crippen LogP contribution in [0, 0.1) is 6.92 Å². The van der Waals surface area contributed by atoms with E-state index in [0.717, 1.165) is 38.8 Å². The molecule has 0 aliphatic carbocycles. The lowest BCUT2D eigenvalue weighted by Crippen LogP contribution is -2.02. The number of benzene rings is 1. The molecule has 2 N–H and O–H groups in total. The topological polar surface area (TPSA) is 53.1 Å². The highest BCUT2D eigenvalue weighted by molar-refractivity contribution is 9.10. The highest BCUT2D eigenvalue weighted by atomic mass is 79.9. The molecular formula is C15H20BrN3OS. The Morgan fingerprint density at radius 2 is 2.14 bits per heavy atom. The molecule has 0 unspecified atom stereocenters. The van der Waals surface area contributed by atoms with Crippen LogP contribution < -0.4 is 10.5 Å². The third-order valence-corrected chi connectivity index (χ3v) is 5.23. The van der Waals surface area contributed by atoms with Crippen LogP contribution in [0.15, 0.2) is 27.6 Å². The maximum atomic E-state index is 6.05. The van der Waals surface area contributed by atoms with Crippen LogP contribution in [0.25, 0.3) is 0 Å². The summed E-state index contributed by atoms with van der Waals surface area (Å²) in [6.07, 6.45) is 0. The molecule has 0 bridgehead atoms. The number of halogens is 1. The Balaban J connectivity index is 2.18. The Bertz CT molecular complexity index is 628. The Morgan fingerprint density at radius 3 is 2.81 bits per heavy atom. The zero-order chi connectivity index (χ0) is 15.4. The van der Waals surface area contributed by atoms with E-state index < -0.39 is 0 Å². The molecule has 2 aromatic rings. The molecule has 0 radical (unpaired) electrons. The van der Waals surface area contributed by atoms with Crippen LogP contribution in [0.4, 0.5) is 5.69 Å². The van der Waals surface area contributed by atoms with Gasteiger partial charge in [0.1, 0.15) is 5.75 Å². The third-order valence-electron chi connectivity index (χ3n) is 3.11. The van der Waals surface area contributed by atoms with Crippen LogP contribution in [0.1, 0.15) is 25.2 Å². The summed E-state index contributed by atoms with van der Waals surface area (Å²) >= 11 is 5.32. The molecule has 6 heteroatoms. The van der Waals surface area contributed by atoms with Gasteiger partial charge in [-0.25, -0.2) is 0 Å². The summed E-state index contributed by atoms with van der Waals surface area (Å²) < 4.78 is 8.63. The van der Waals surface area contributed by atoms with E-state index in [1.165, 1.54) is 5.69 Å². The van der Waals surface area contributed by atoms with E-state index in [9.17, 15) is 0 Å². The van der Waals surface area contributed by atoms with Gasteiger partial charge < -0.3 is 10.5 Å². The number of anilines is 1. The lowest BCUT2D eigenvalue weighted by atomic mass is 10.3. The minimum absolute atomic E-state index is 0.654. The van der Waals surface area contributed by atoms with Gasteiger partial charge in [-0.15, -0.1) is 11.8 Å². The molecule has 1 heterocycles. The second kappa shape index (κ2) is 7.22. The largest absolute Gasteiger partial charge is 0.494 e. The lowest BCUT2D eigenvalue weighted by molar-refractivity contribution is 0.339. The molecule has 0 amide bonds. The molecule has 0 fully saturated rings. The highest BCUT2D eigenvalue weighted by Crippen LogP contribution is 2.34. The second-order valence-electron chi connectivity index (χ2n) is 4.58. The molecule has 0 aliphatic heterocycles. The molecule has 0 spiro atoms. The summed E-state index contributed by atoms with van der Waals surface area (Å²) in [5, 5.41) is 4.51. The minimum Gasteiger partial charge on any atom is -0.494 e. The summed E-state index contributed by atoms with van der Waals surface area (Å²) in [5.74, 6) is 1.67. The Labute approximate surface area is 138 Å². The van der Waals surface area contributed by atoms with Gasteiger partial charge in [0.15, 0.2) is 0 Å². The number of nitrogens with zero attached hydrogens (tertiary/aromatic N) is 2. The quantitative estimate of drug-likeness (QED) is 0.610. The van der Waals surface area contributed by atoms with Crippen molar-refractivity contribution in [3.05, 3.63) is 34.1 Å². The molecular weight excluding hydrogens is 350 g/mol.